The molecule has 0 aliphatic carbocycles. The van der Waals surface area contributed by atoms with E-state index in [0.29, 0.717) is 22.9 Å². The quantitative estimate of drug-likeness (QED) is 0.373. The van der Waals surface area contributed by atoms with E-state index >= 15 is 0 Å². The van der Waals surface area contributed by atoms with Gasteiger partial charge in [-0.2, -0.15) is 10.2 Å². The number of nitrogens with one attached hydrogen (secondary N) is 2. The van der Waals surface area contributed by atoms with E-state index in [-0.39, 0.29) is 29.3 Å². The van der Waals surface area contributed by atoms with Crippen LogP contribution in [0.2, 0.25) is 0 Å². The van der Waals surface area contributed by atoms with Crippen molar-refractivity contribution >= 4 is 23.1 Å². The maximum atomic E-state index is 13.4. The number of fused-ring (bicyclic) bond motifs is 1. The van der Waals surface area contributed by atoms with E-state index in [1.54, 1.807) is 19.1 Å². The summed E-state index contributed by atoms with van der Waals surface area (Å²) in [5, 5.41) is 13.0. The first-order valence-corrected chi connectivity index (χ1v) is 9.93. The molecule has 4 heterocycles. The standard InChI is InChI=1S/C20H17F4N7O3/c1-2-30-9-13(16(29-30)20(33)25-8-10-4-3-5-34-10)27-19(32)12-7-15-26-11(17(21)22)6-14(18(23)24)31(15)28-12/h3-7,9,17-18H,2,8H2,1H3,(H,25,33)(H,27,32). The fraction of sp³-hybridized carbons (Fsp3) is 0.250. The van der Waals surface area contributed by atoms with E-state index in [9.17, 15) is 27.2 Å². The summed E-state index contributed by atoms with van der Waals surface area (Å²) >= 11 is 0. The first kappa shape index (κ1) is 22.9. The number of aromatic nitrogens is 5. The molecule has 0 spiro atoms. The Labute approximate surface area is 188 Å². The second kappa shape index (κ2) is 9.33. The van der Waals surface area contributed by atoms with Crippen molar-refractivity contribution in [3.05, 3.63) is 65.3 Å². The Morgan fingerprint density at radius 2 is 1.91 bits per heavy atom. The fourth-order valence-electron chi connectivity index (χ4n) is 3.09. The second-order valence-corrected chi connectivity index (χ2v) is 6.97. The number of amides is 2. The van der Waals surface area contributed by atoms with Gasteiger partial charge < -0.3 is 15.1 Å². The van der Waals surface area contributed by atoms with Gasteiger partial charge in [-0.3, -0.25) is 14.3 Å². The molecule has 0 saturated heterocycles. The number of nitrogens with zero attached hydrogens (tertiary/aromatic N) is 5. The number of hydrogen-bond acceptors (Lipinski definition) is 6. The third-order valence-corrected chi connectivity index (χ3v) is 4.71. The summed E-state index contributed by atoms with van der Waals surface area (Å²) in [7, 11) is 0. The Balaban J connectivity index is 1.60. The molecule has 0 unspecified atom stereocenters. The molecule has 10 nitrogen and oxygen atoms in total. The monoisotopic (exact) mass is 479 g/mol. The Bertz CT molecular complexity index is 1330. The highest BCUT2D eigenvalue weighted by Gasteiger charge is 2.24. The molecule has 4 aromatic rings. The van der Waals surface area contributed by atoms with Crippen LogP contribution in [0.5, 0.6) is 0 Å². The molecule has 0 aromatic carbocycles. The van der Waals surface area contributed by atoms with Gasteiger partial charge in [0.25, 0.3) is 24.7 Å². The molecule has 178 valence electrons. The molecule has 0 aliphatic heterocycles. The number of rotatable bonds is 8. The van der Waals surface area contributed by atoms with Crippen molar-refractivity contribution in [3.8, 4) is 0 Å². The van der Waals surface area contributed by atoms with Crippen LogP contribution in [0.3, 0.4) is 0 Å². The largest absolute Gasteiger partial charge is 0.467 e. The third-order valence-electron chi connectivity index (χ3n) is 4.71. The average Bonchev–Trinajstić information content (AvgIpc) is 3.55. The van der Waals surface area contributed by atoms with Gasteiger partial charge in [-0.1, -0.05) is 0 Å². The van der Waals surface area contributed by atoms with E-state index in [2.05, 4.69) is 25.8 Å². The minimum absolute atomic E-state index is 0.0381. The maximum Gasteiger partial charge on any atom is 0.280 e. The van der Waals surface area contributed by atoms with Gasteiger partial charge in [-0.05, 0) is 25.1 Å². The minimum Gasteiger partial charge on any atom is -0.467 e. The van der Waals surface area contributed by atoms with Crippen LogP contribution in [0.25, 0.3) is 5.65 Å². The van der Waals surface area contributed by atoms with Gasteiger partial charge in [0.15, 0.2) is 17.0 Å². The number of halogens is 4. The third kappa shape index (κ3) is 4.60. The van der Waals surface area contributed by atoms with Crippen molar-refractivity contribution in [2.45, 2.75) is 32.9 Å². The Kier molecular flexibility index (Phi) is 6.30. The van der Waals surface area contributed by atoms with Crippen LogP contribution < -0.4 is 10.6 Å². The molecule has 0 saturated carbocycles. The first-order chi connectivity index (χ1) is 16.3. The summed E-state index contributed by atoms with van der Waals surface area (Å²) in [5.74, 6) is -0.971. The molecule has 0 bridgehead atoms. The lowest BCUT2D eigenvalue weighted by molar-refractivity contribution is 0.0943. The van der Waals surface area contributed by atoms with Crippen molar-refractivity contribution in [3.63, 3.8) is 0 Å². The van der Waals surface area contributed by atoms with Crippen LogP contribution in [0, 0.1) is 0 Å². The average molecular weight is 479 g/mol. The van der Waals surface area contributed by atoms with Crippen LogP contribution in [-0.2, 0) is 13.1 Å². The zero-order valence-electron chi connectivity index (χ0n) is 17.5. The lowest BCUT2D eigenvalue weighted by Crippen LogP contribution is -2.25. The lowest BCUT2D eigenvalue weighted by Gasteiger charge is -2.06. The number of hydrogen-bond donors (Lipinski definition) is 2. The van der Waals surface area contributed by atoms with Crippen LogP contribution in [0.1, 0.15) is 57.9 Å². The summed E-state index contributed by atoms with van der Waals surface area (Å²) in [6.07, 6.45) is -3.36. The van der Waals surface area contributed by atoms with Gasteiger partial charge in [0, 0.05) is 18.8 Å². The lowest BCUT2D eigenvalue weighted by atomic mass is 10.3. The molecule has 4 aromatic heterocycles. The van der Waals surface area contributed by atoms with Crippen molar-refractivity contribution < 1.29 is 31.6 Å². The van der Waals surface area contributed by atoms with Crippen LogP contribution >= 0.6 is 0 Å². The number of carbonyl (C=O) groups excluding carboxylic acids is 2. The minimum atomic E-state index is -3.13. The van der Waals surface area contributed by atoms with Crippen molar-refractivity contribution in [1.82, 2.24) is 29.7 Å². The summed E-state index contributed by atoms with van der Waals surface area (Å²) in [6.45, 7) is 2.24. The van der Waals surface area contributed by atoms with Gasteiger partial charge in [-0.25, -0.2) is 27.1 Å². The van der Waals surface area contributed by atoms with Gasteiger partial charge in [0.05, 0.1) is 18.5 Å². The van der Waals surface area contributed by atoms with Crippen molar-refractivity contribution in [2.75, 3.05) is 5.32 Å². The zero-order valence-corrected chi connectivity index (χ0v) is 17.5. The highest BCUT2D eigenvalue weighted by Crippen LogP contribution is 2.25. The van der Waals surface area contributed by atoms with Crippen LogP contribution in [-0.4, -0.2) is 36.2 Å². The predicted octanol–water partition coefficient (Wildman–Crippen LogP) is 3.60. The highest BCUT2D eigenvalue weighted by molar-refractivity contribution is 6.07. The highest BCUT2D eigenvalue weighted by atomic mass is 19.3. The summed E-state index contributed by atoms with van der Waals surface area (Å²) < 4.78 is 60.0. The molecule has 2 amide bonds. The zero-order chi connectivity index (χ0) is 24.4. The van der Waals surface area contributed by atoms with Gasteiger partial charge in [0.2, 0.25) is 0 Å². The number of anilines is 1. The predicted molar refractivity (Wildman–Crippen MR) is 109 cm³/mol. The topological polar surface area (TPSA) is 119 Å². The SMILES string of the molecule is CCn1cc(NC(=O)c2cc3nc(C(F)F)cc(C(F)F)n3n2)c(C(=O)NCc2ccco2)n1. The molecule has 14 heteroatoms. The van der Waals surface area contributed by atoms with Gasteiger partial charge >= 0.3 is 0 Å². The first-order valence-electron chi connectivity index (χ1n) is 9.93. The molecule has 0 fully saturated rings. The van der Waals surface area contributed by atoms with E-state index in [4.69, 9.17) is 4.42 Å². The van der Waals surface area contributed by atoms with E-state index < -0.39 is 36.1 Å². The van der Waals surface area contributed by atoms with Gasteiger partial charge in [0.1, 0.15) is 17.1 Å². The number of furan rings is 1. The normalized spacial score (nSPS) is 11.5. The maximum absolute atomic E-state index is 13.4. The Morgan fingerprint density at radius 1 is 1.12 bits per heavy atom. The summed E-state index contributed by atoms with van der Waals surface area (Å²) in [5.41, 5.74) is -2.48. The fourth-order valence-corrected chi connectivity index (χ4v) is 3.09. The number of alkyl halides is 4. The Morgan fingerprint density at radius 3 is 2.56 bits per heavy atom. The van der Waals surface area contributed by atoms with Gasteiger partial charge in [-0.15, -0.1) is 0 Å². The molecule has 2 N–H and O–H groups in total. The van der Waals surface area contributed by atoms with E-state index in [1.165, 1.54) is 17.1 Å². The molecule has 0 radical (unpaired) electrons. The van der Waals surface area contributed by atoms with E-state index in [0.717, 1.165) is 6.07 Å². The molecule has 34 heavy (non-hydrogen) atoms. The van der Waals surface area contributed by atoms with Crippen LogP contribution in [0.15, 0.2) is 41.1 Å². The summed E-state index contributed by atoms with van der Waals surface area (Å²) in [4.78, 5) is 29.0. The molecular weight excluding hydrogens is 462 g/mol. The van der Waals surface area contributed by atoms with E-state index in [1.807, 2.05) is 0 Å². The second-order valence-electron chi connectivity index (χ2n) is 6.97. The molecular formula is C20H17F4N7O3. The smallest absolute Gasteiger partial charge is 0.280 e. The summed E-state index contributed by atoms with van der Waals surface area (Å²) in [6, 6.07) is 4.85. The van der Waals surface area contributed by atoms with Crippen LogP contribution in [0.4, 0.5) is 23.2 Å². The van der Waals surface area contributed by atoms with Crippen molar-refractivity contribution in [1.29, 1.82) is 0 Å². The molecule has 4 rings (SSSR count). The molecule has 0 aliphatic rings. The number of aryl methyl sites for hydroxylation is 1. The Hall–Kier alpha value is -4.23. The number of carbonyl (C=O) groups is 2. The molecule has 0 atom stereocenters. The van der Waals surface area contributed by atoms with Crippen molar-refractivity contribution in [2.24, 2.45) is 0 Å².